The Hall–Kier alpha value is -4.21. The number of ether oxygens (including phenoxy) is 2. The molecule has 2 heterocycles. The lowest BCUT2D eigenvalue weighted by Crippen LogP contribution is -2.21. The number of carbonyl (C=O) groups excluding carboxylic acids is 1. The molecule has 0 radical (unpaired) electrons. The second-order valence-corrected chi connectivity index (χ2v) is 8.74. The van der Waals surface area contributed by atoms with Gasteiger partial charge in [0.25, 0.3) is 0 Å². The fraction of sp³-hybridized carbons (Fsp3) is 0.143. The largest absolute Gasteiger partial charge is 0.449 e. The standard InChI is InChI=1S/C28H21ClN2O4/c1-3-16-4-11-23-21(12-16)15(2)26(34-23)28(32)33-19-9-10-20-24(13-19)35-27(31)22(14-30)25(20)17-5-7-18(29)8-6-17/h4-13,25H,3,31H2,1-2H3. The molecule has 0 saturated heterocycles. The molecule has 0 saturated carbocycles. The van der Waals surface area contributed by atoms with Crippen molar-refractivity contribution < 1.29 is 18.7 Å². The van der Waals surface area contributed by atoms with Crippen LogP contribution in [0, 0.1) is 18.3 Å². The minimum atomic E-state index is -0.608. The lowest BCUT2D eigenvalue weighted by Gasteiger charge is -2.26. The van der Waals surface area contributed by atoms with Gasteiger partial charge in [-0.25, -0.2) is 4.79 Å². The summed E-state index contributed by atoms with van der Waals surface area (Å²) in [6.45, 7) is 3.91. The highest BCUT2D eigenvalue weighted by atomic mass is 35.5. The third-order valence-electron chi connectivity index (χ3n) is 6.20. The van der Waals surface area contributed by atoms with Crippen LogP contribution in [0.4, 0.5) is 0 Å². The Kier molecular flexibility index (Phi) is 5.72. The van der Waals surface area contributed by atoms with Crippen molar-refractivity contribution in [3.8, 4) is 17.6 Å². The maximum atomic E-state index is 13.0. The summed E-state index contributed by atoms with van der Waals surface area (Å²) in [5, 5.41) is 11.2. The zero-order valence-corrected chi connectivity index (χ0v) is 19.8. The Morgan fingerprint density at radius 2 is 1.91 bits per heavy atom. The molecule has 6 nitrogen and oxygen atoms in total. The SMILES string of the molecule is CCc1ccc2oc(C(=O)Oc3ccc4c(c3)OC(N)=C(C#N)C4c3ccc(Cl)cc3)c(C)c2c1. The van der Waals surface area contributed by atoms with E-state index in [1.165, 1.54) is 0 Å². The summed E-state index contributed by atoms with van der Waals surface area (Å²) in [6.07, 6.45) is 0.886. The van der Waals surface area contributed by atoms with Gasteiger partial charge in [0.1, 0.15) is 28.7 Å². The Labute approximate surface area is 207 Å². The van der Waals surface area contributed by atoms with E-state index in [1.54, 1.807) is 30.3 Å². The van der Waals surface area contributed by atoms with Crippen molar-refractivity contribution in [3.63, 3.8) is 0 Å². The number of nitriles is 1. The fourth-order valence-electron chi connectivity index (χ4n) is 4.33. The molecule has 0 aliphatic carbocycles. The van der Waals surface area contributed by atoms with Crippen LogP contribution in [0.5, 0.6) is 11.5 Å². The Morgan fingerprint density at radius 3 is 2.63 bits per heavy atom. The van der Waals surface area contributed by atoms with E-state index in [4.69, 9.17) is 31.2 Å². The first-order valence-corrected chi connectivity index (χ1v) is 11.5. The smallest absolute Gasteiger partial charge is 0.379 e. The lowest BCUT2D eigenvalue weighted by molar-refractivity contribution is 0.0702. The Balaban J connectivity index is 1.48. The van der Waals surface area contributed by atoms with Crippen LogP contribution < -0.4 is 15.2 Å². The molecule has 5 rings (SSSR count). The molecule has 1 unspecified atom stereocenters. The number of halogens is 1. The molecule has 1 aliphatic rings. The van der Waals surface area contributed by atoms with Crippen molar-refractivity contribution >= 4 is 28.5 Å². The summed E-state index contributed by atoms with van der Waals surface area (Å²) >= 11 is 6.04. The molecule has 0 spiro atoms. The number of nitrogens with zero attached hydrogens (tertiary/aromatic N) is 1. The number of carbonyl (C=O) groups is 1. The molecule has 7 heteroatoms. The zero-order valence-electron chi connectivity index (χ0n) is 19.1. The highest BCUT2D eigenvalue weighted by Crippen LogP contribution is 2.43. The van der Waals surface area contributed by atoms with Gasteiger partial charge in [-0.2, -0.15) is 5.26 Å². The molecule has 2 N–H and O–H groups in total. The van der Waals surface area contributed by atoms with Gasteiger partial charge in [0.05, 0.1) is 5.92 Å². The molecule has 174 valence electrons. The average Bonchev–Trinajstić information content (AvgIpc) is 3.19. The van der Waals surface area contributed by atoms with Gasteiger partial charge in [-0.05, 0) is 54.8 Å². The van der Waals surface area contributed by atoms with E-state index in [2.05, 4.69) is 13.0 Å². The lowest BCUT2D eigenvalue weighted by atomic mass is 9.83. The first-order chi connectivity index (χ1) is 16.9. The highest BCUT2D eigenvalue weighted by molar-refractivity contribution is 6.30. The summed E-state index contributed by atoms with van der Waals surface area (Å²) in [6, 6.07) is 20.2. The van der Waals surface area contributed by atoms with Crippen LogP contribution in [0.2, 0.25) is 5.02 Å². The van der Waals surface area contributed by atoms with Gasteiger partial charge in [0.15, 0.2) is 0 Å². The monoisotopic (exact) mass is 484 g/mol. The molecule has 1 atom stereocenters. The first kappa shape index (κ1) is 22.6. The highest BCUT2D eigenvalue weighted by Gasteiger charge is 2.31. The second-order valence-electron chi connectivity index (χ2n) is 8.31. The van der Waals surface area contributed by atoms with Crippen LogP contribution in [-0.2, 0) is 6.42 Å². The van der Waals surface area contributed by atoms with Crippen molar-refractivity contribution in [3.05, 3.63) is 105 Å². The number of furan rings is 1. The summed E-state index contributed by atoms with van der Waals surface area (Å²) in [5.41, 5.74) is 10.5. The van der Waals surface area contributed by atoms with Gasteiger partial charge < -0.3 is 19.6 Å². The number of nitrogens with two attached hydrogens (primary N) is 1. The molecule has 1 aromatic heterocycles. The quantitative estimate of drug-likeness (QED) is 0.266. The van der Waals surface area contributed by atoms with E-state index >= 15 is 0 Å². The topological polar surface area (TPSA) is 98.5 Å². The van der Waals surface area contributed by atoms with Crippen molar-refractivity contribution in [2.75, 3.05) is 0 Å². The van der Waals surface area contributed by atoms with E-state index in [-0.39, 0.29) is 17.4 Å². The first-order valence-electron chi connectivity index (χ1n) is 11.1. The van der Waals surface area contributed by atoms with Crippen LogP contribution >= 0.6 is 11.6 Å². The molecule has 1 aliphatic heterocycles. The van der Waals surface area contributed by atoms with E-state index in [0.717, 1.165) is 34.1 Å². The van der Waals surface area contributed by atoms with Crippen LogP contribution in [0.3, 0.4) is 0 Å². The summed E-state index contributed by atoms with van der Waals surface area (Å²) in [7, 11) is 0. The number of allylic oxidation sites excluding steroid dienone is 1. The van der Waals surface area contributed by atoms with Crippen molar-refractivity contribution in [1.82, 2.24) is 0 Å². The van der Waals surface area contributed by atoms with Crippen LogP contribution in [0.15, 0.2) is 76.5 Å². The molecular formula is C28H21ClN2O4. The third kappa shape index (κ3) is 4.01. The molecule has 35 heavy (non-hydrogen) atoms. The van der Waals surface area contributed by atoms with Crippen molar-refractivity contribution in [1.29, 1.82) is 5.26 Å². The molecular weight excluding hydrogens is 464 g/mol. The van der Waals surface area contributed by atoms with Gasteiger partial charge in [-0.1, -0.05) is 42.8 Å². The summed E-state index contributed by atoms with van der Waals surface area (Å²) in [5.74, 6) is -0.217. The summed E-state index contributed by atoms with van der Waals surface area (Å²) in [4.78, 5) is 13.0. The summed E-state index contributed by atoms with van der Waals surface area (Å²) < 4.78 is 17.2. The van der Waals surface area contributed by atoms with Crippen LogP contribution in [-0.4, -0.2) is 5.97 Å². The Morgan fingerprint density at radius 1 is 1.14 bits per heavy atom. The number of benzene rings is 3. The van der Waals surface area contributed by atoms with E-state index in [9.17, 15) is 10.1 Å². The van der Waals surface area contributed by atoms with Gasteiger partial charge in [-0.3, -0.25) is 0 Å². The molecule has 0 bridgehead atoms. The second kappa shape index (κ2) is 8.86. The van der Waals surface area contributed by atoms with Gasteiger partial charge in [-0.15, -0.1) is 0 Å². The van der Waals surface area contributed by atoms with Crippen molar-refractivity contribution in [2.24, 2.45) is 5.73 Å². The number of hydrogen-bond donors (Lipinski definition) is 1. The van der Waals surface area contributed by atoms with Crippen LogP contribution in [0.25, 0.3) is 11.0 Å². The minimum Gasteiger partial charge on any atom is -0.449 e. The maximum absolute atomic E-state index is 13.0. The molecule has 0 fully saturated rings. The molecule has 3 aromatic carbocycles. The predicted molar refractivity (Wildman–Crippen MR) is 132 cm³/mol. The van der Waals surface area contributed by atoms with E-state index in [1.807, 2.05) is 37.3 Å². The number of rotatable bonds is 4. The zero-order chi connectivity index (χ0) is 24.7. The molecule has 4 aromatic rings. The molecule has 0 amide bonds. The van der Waals surface area contributed by atoms with Gasteiger partial charge >= 0.3 is 5.97 Å². The normalized spacial score (nSPS) is 14.9. The fourth-order valence-corrected chi connectivity index (χ4v) is 4.46. The van der Waals surface area contributed by atoms with Crippen molar-refractivity contribution in [2.45, 2.75) is 26.2 Å². The Bertz CT molecular complexity index is 1540. The third-order valence-corrected chi connectivity index (χ3v) is 6.45. The predicted octanol–water partition coefficient (Wildman–Crippen LogP) is 6.39. The average molecular weight is 485 g/mol. The van der Waals surface area contributed by atoms with Gasteiger partial charge in [0, 0.05) is 27.6 Å². The minimum absolute atomic E-state index is 0.00304. The van der Waals surface area contributed by atoms with E-state index in [0.29, 0.717) is 21.9 Å². The number of hydrogen-bond acceptors (Lipinski definition) is 6. The van der Waals surface area contributed by atoms with Gasteiger partial charge in [0.2, 0.25) is 11.6 Å². The maximum Gasteiger partial charge on any atom is 0.379 e. The van der Waals surface area contributed by atoms with Crippen LogP contribution in [0.1, 0.15) is 45.7 Å². The number of fused-ring (bicyclic) bond motifs is 2. The number of esters is 1. The number of aryl methyl sites for hydroxylation is 2. The van der Waals surface area contributed by atoms with E-state index < -0.39 is 11.9 Å².